The Morgan fingerprint density at radius 1 is 1.25 bits per heavy atom. The second-order valence-electron chi connectivity index (χ2n) is 4.92. The van der Waals surface area contributed by atoms with Gasteiger partial charge in [0.2, 0.25) is 0 Å². The lowest BCUT2D eigenvalue weighted by atomic mass is 10.0. The van der Waals surface area contributed by atoms with Crippen LogP contribution in [0.2, 0.25) is 10.0 Å². The Hall–Kier alpha value is -1.07. The van der Waals surface area contributed by atoms with Gasteiger partial charge in [-0.3, -0.25) is 16.0 Å². The fourth-order valence-electron chi connectivity index (χ4n) is 2.25. The standard InChI is InChI=1S/C14H18Cl2N4/c1-9-5-12(20(2)19-9)8-11(18-17)6-10-3-4-13(15)14(16)7-10/h3-5,7,11,18H,6,8,17H2,1-2H3. The molecule has 108 valence electrons. The number of nitrogens with zero attached hydrogens (tertiary/aromatic N) is 2. The van der Waals surface area contributed by atoms with Crippen molar-refractivity contribution in [3.63, 3.8) is 0 Å². The molecule has 2 rings (SSSR count). The first-order valence-corrected chi connectivity index (χ1v) is 7.14. The highest BCUT2D eigenvalue weighted by molar-refractivity contribution is 6.42. The molecule has 2 aromatic rings. The fraction of sp³-hybridized carbons (Fsp3) is 0.357. The van der Waals surface area contributed by atoms with E-state index in [1.807, 2.05) is 30.8 Å². The van der Waals surface area contributed by atoms with Gasteiger partial charge in [-0.05, 0) is 37.1 Å². The van der Waals surface area contributed by atoms with E-state index in [2.05, 4.69) is 16.6 Å². The summed E-state index contributed by atoms with van der Waals surface area (Å²) in [4.78, 5) is 0. The highest BCUT2D eigenvalue weighted by Crippen LogP contribution is 2.23. The molecule has 0 aliphatic carbocycles. The summed E-state index contributed by atoms with van der Waals surface area (Å²) in [6.07, 6.45) is 1.58. The van der Waals surface area contributed by atoms with Gasteiger partial charge in [-0.2, -0.15) is 5.10 Å². The van der Waals surface area contributed by atoms with Crippen molar-refractivity contribution in [3.8, 4) is 0 Å². The average molecular weight is 313 g/mol. The zero-order valence-electron chi connectivity index (χ0n) is 11.5. The number of aryl methyl sites for hydroxylation is 2. The number of nitrogens with one attached hydrogen (secondary N) is 1. The second-order valence-corrected chi connectivity index (χ2v) is 5.74. The van der Waals surface area contributed by atoms with E-state index in [1.54, 1.807) is 6.07 Å². The van der Waals surface area contributed by atoms with Crippen LogP contribution in [0.15, 0.2) is 24.3 Å². The molecule has 1 heterocycles. The number of benzene rings is 1. The molecule has 1 unspecified atom stereocenters. The maximum Gasteiger partial charge on any atom is 0.0596 e. The van der Waals surface area contributed by atoms with Crippen LogP contribution in [0, 0.1) is 6.92 Å². The normalized spacial score (nSPS) is 12.7. The Kier molecular flexibility index (Phi) is 5.05. The van der Waals surface area contributed by atoms with Crippen molar-refractivity contribution in [2.24, 2.45) is 12.9 Å². The van der Waals surface area contributed by atoms with Crippen LogP contribution in [0.4, 0.5) is 0 Å². The predicted molar refractivity (Wildman–Crippen MR) is 82.9 cm³/mol. The Morgan fingerprint density at radius 3 is 2.55 bits per heavy atom. The number of halogens is 2. The van der Waals surface area contributed by atoms with E-state index >= 15 is 0 Å². The van der Waals surface area contributed by atoms with Crippen LogP contribution in [-0.4, -0.2) is 15.8 Å². The molecule has 0 spiro atoms. The van der Waals surface area contributed by atoms with Crippen LogP contribution in [-0.2, 0) is 19.9 Å². The molecule has 0 saturated carbocycles. The Labute approximate surface area is 128 Å². The number of aromatic nitrogens is 2. The Balaban J connectivity index is 2.08. The minimum atomic E-state index is 0.113. The van der Waals surface area contributed by atoms with E-state index in [4.69, 9.17) is 29.0 Å². The number of rotatable bonds is 5. The third-order valence-electron chi connectivity index (χ3n) is 3.26. The maximum absolute atomic E-state index is 6.03. The summed E-state index contributed by atoms with van der Waals surface area (Å²) in [5.74, 6) is 5.65. The third kappa shape index (κ3) is 3.73. The molecule has 0 saturated heterocycles. The van der Waals surface area contributed by atoms with E-state index in [0.29, 0.717) is 10.0 Å². The molecule has 0 radical (unpaired) electrons. The van der Waals surface area contributed by atoms with Gasteiger partial charge in [-0.1, -0.05) is 29.3 Å². The SMILES string of the molecule is Cc1cc(CC(Cc2ccc(Cl)c(Cl)c2)NN)n(C)n1. The lowest BCUT2D eigenvalue weighted by molar-refractivity contribution is 0.505. The van der Waals surface area contributed by atoms with Crippen molar-refractivity contribution in [2.45, 2.75) is 25.8 Å². The van der Waals surface area contributed by atoms with Crippen molar-refractivity contribution in [1.82, 2.24) is 15.2 Å². The van der Waals surface area contributed by atoms with Gasteiger partial charge in [0.15, 0.2) is 0 Å². The quantitative estimate of drug-likeness (QED) is 0.659. The minimum Gasteiger partial charge on any atom is -0.272 e. The summed E-state index contributed by atoms with van der Waals surface area (Å²) < 4.78 is 1.88. The molecule has 0 amide bonds. The first kappa shape index (κ1) is 15.3. The van der Waals surface area contributed by atoms with E-state index in [-0.39, 0.29) is 6.04 Å². The van der Waals surface area contributed by atoms with Gasteiger partial charge in [0, 0.05) is 25.2 Å². The zero-order valence-corrected chi connectivity index (χ0v) is 13.0. The smallest absolute Gasteiger partial charge is 0.0596 e. The Morgan fingerprint density at radius 2 is 2.00 bits per heavy atom. The molecule has 0 fully saturated rings. The lowest BCUT2D eigenvalue weighted by Crippen LogP contribution is -2.38. The highest BCUT2D eigenvalue weighted by Gasteiger charge is 2.13. The molecule has 3 N–H and O–H groups in total. The summed E-state index contributed by atoms with van der Waals surface area (Å²) in [7, 11) is 1.94. The largest absolute Gasteiger partial charge is 0.272 e. The summed E-state index contributed by atoms with van der Waals surface area (Å²) in [6, 6.07) is 7.83. The number of nitrogens with two attached hydrogens (primary N) is 1. The van der Waals surface area contributed by atoms with E-state index in [9.17, 15) is 0 Å². The predicted octanol–water partition coefficient (Wildman–Crippen LogP) is 2.65. The fourth-order valence-corrected chi connectivity index (χ4v) is 2.57. The molecule has 0 aliphatic heterocycles. The zero-order chi connectivity index (χ0) is 14.7. The molecule has 1 atom stereocenters. The first-order valence-electron chi connectivity index (χ1n) is 6.39. The van der Waals surface area contributed by atoms with E-state index < -0.39 is 0 Å². The number of hydrogen-bond acceptors (Lipinski definition) is 3. The molecular formula is C14H18Cl2N4. The summed E-state index contributed by atoms with van der Waals surface area (Å²) >= 11 is 12.0. The summed E-state index contributed by atoms with van der Waals surface area (Å²) in [5.41, 5.74) is 6.10. The maximum atomic E-state index is 6.03. The van der Waals surface area contributed by atoms with Gasteiger partial charge >= 0.3 is 0 Å². The van der Waals surface area contributed by atoms with Crippen LogP contribution >= 0.6 is 23.2 Å². The van der Waals surface area contributed by atoms with Crippen LogP contribution in [0.1, 0.15) is 17.0 Å². The summed E-state index contributed by atoms with van der Waals surface area (Å²) in [6.45, 7) is 1.98. The van der Waals surface area contributed by atoms with Crippen molar-refractivity contribution in [1.29, 1.82) is 0 Å². The molecular weight excluding hydrogens is 295 g/mol. The van der Waals surface area contributed by atoms with Crippen molar-refractivity contribution < 1.29 is 0 Å². The monoisotopic (exact) mass is 312 g/mol. The van der Waals surface area contributed by atoms with Gasteiger partial charge < -0.3 is 0 Å². The number of hydrazine groups is 1. The van der Waals surface area contributed by atoms with Crippen LogP contribution in [0.25, 0.3) is 0 Å². The minimum absolute atomic E-state index is 0.113. The van der Waals surface area contributed by atoms with Crippen molar-refractivity contribution in [3.05, 3.63) is 51.3 Å². The topological polar surface area (TPSA) is 55.9 Å². The second kappa shape index (κ2) is 6.59. The average Bonchev–Trinajstić information content (AvgIpc) is 2.71. The van der Waals surface area contributed by atoms with Gasteiger partial charge in [-0.15, -0.1) is 0 Å². The van der Waals surface area contributed by atoms with Gasteiger partial charge in [0.1, 0.15) is 0 Å². The number of hydrogen-bond donors (Lipinski definition) is 2. The van der Waals surface area contributed by atoms with Crippen LogP contribution in [0.5, 0.6) is 0 Å². The molecule has 4 nitrogen and oxygen atoms in total. The molecule has 6 heteroatoms. The van der Waals surface area contributed by atoms with E-state index in [0.717, 1.165) is 29.8 Å². The van der Waals surface area contributed by atoms with Crippen molar-refractivity contribution in [2.75, 3.05) is 0 Å². The van der Waals surface area contributed by atoms with Crippen LogP contribution < -0.4 is 11.3 Å². The third-order valence-corrected chi connectivity index (χ3v) is 4.00. The van der Waals surface area contributed by atoms with Crippen LogP contribution in [0.3, 0.4) is 0 Å². The molecule has 1 aromatic carbocycles. The lowest BCUT2D eigenvalue weighted by Gasteiger charge is -2.16. The van der Waals surface area contributed by atoms with Crippen molar-refractivity contribution >= 4 is 23.2 Å². The van der Waals surface area contributed by atoms with Gasteiger partial charge in [-0.25, -0.2) is 0 Å². The van der Waals surface area contributed by atoms with Gasteiger partial charge in [0.05, 0.1) is 15.7 Å². The molecule has 1 aromatic heterocycles. The Bertz CT molecular complexity index is 595. The first-order chi connectivity index (χ1) is 9.49. The molecule has 20 heavy (non-hydrogen) atoms. The summed E-state index contributed by atoms with van der Waals surface area (Å²) in [5, 5.41) is 5.47. The molecule has 0 aliphatic rings. The molecule has 0 bridgehead atoms. The van der Waals surface area contributed by atoms with E-state index in [1.165, 1.54) is 0 Å². The highest BCUT2D eigenvalue weighted by atomic mass is 35.5. The van der Waals surface area contributed by atoms with Gasteiger partial charge in [0.25, 0.3) is 0 Å².